The molecule has 1 amide bonds. The van der Waals surface area contributed by atoms with Crippen molar-refractivity contribution in [1.82, 2.24) is 20.1 Å². The van der Waals surface area contributed by atoms with Gasteiger partial charge < -0.3 is 15.4 Å². The normalized spacial score (nSPS) is 17.3. The van der Waals surface area contributed by atoms with E-state index < -0.39 is 17.8 Å². The van der Waals surface area contributed by atoms with Crippen LogP contribution in [0.15, 0.2) is 42.0 Å². The molecule has 0 bridgehead atoms. The molecule has 0 spiro atoms. The minimum absolute atomic E-state index is 0.0216. The summed E-state index contributed by atoms with van der Waals surface area (Å²) in [6.07, 6.45) is -1.93. The number of anilines is 1. The molecule has 1 aromatic carbocycles. The van der Waals surface area contributed by atoms with Gasteiger partial charge in [0, 0.05) is 30.4 Å². The van der Waals surface area contributed by atoms with E-state index in [1.54, 1.807) is 12.1 Å². The second kappa shape index (κ2) is 7.93. The maximum atomic E-state index is 12.7. The van der Waals surface area contributed by atoms with Gasteiger partial charge >= 0.3 is 6.18 Å². The third-order valence-electron chi connectivity index (χ3n) is 4.29. The van der Waals surface area contributed by atoms with Crippen molar-refractivity contribution >= 4 is 22.9 Å². The van der Waals surface area contributed by atoms with Crippen molar-refractivity contribution in [2.24, 2.45) is 0 Å². The van der Waals surface area contributed by atoms with Crippen molar-refractivity contribution in [3.63, 3.8) is 0 Å². The quantitative estimate of drug-likeness (QED) is 0.673. The number of morpholine rings is 1. The highest BCUT2D eigenvalue weighted by Gasteiger charge is 2.34. The third kappa shape index (κ3) is 4.47. The minimum atomic E-state index is -4.52. The van der Waals surface area contributed by atoms with Crippen molar-refractivity contribution in [1.29, 1.82) is 0 Å². The SMILES string of the molecule is O=C(Nc1ccc(C2CNCCO2)cc1)c1cnn(-c2nc(C(F)(F)F)cs2)c1. The second-order valence-corrected chi connectivity index (χ2v) is 7.16. The number of hydrogen-bond acceptors (Lipinski definition) is 6. The Balaban J connectivity index is 1.42. The number of nitrogens with zero attached hydrogens (tertiary/aromatic N) is 3. The maximum Gasteiger partial charge on any atom is 0.434 e. The molecule has 11 heteroatoms. The minimum Gasteiger partial charge on any atom is -0.371 e. The van der Waals surface area contributed by atoms with E-state index in [0.717, 1.165) is 40.1 Å². The number of ether oxygens (including phenoxy) is 1. The number of halogens is 3. The first-order valence-corrected chi connectivity index (χ1v) is 9.59. The van der Waals surface area contributed by atoms with Gasteiger partial charge in [0.15, 0.2) is 5.69 Å². The van der Waals surface area contributed by atoms with Crippen LogP contribution < -0.4 is 10.6 Å². The van der Waals surface area contributed by atoms with E-state index in [4.69, 9.17) is 4.74 Å². The topological polar surface area (TPSA) is 81.1 Å². The largest absolute Gasteiger partial charge is 0.434 e. The van der Waals surface area contributed by atoms with Crippen molar-refractivity contribution < 1.29 is 22.7 Å². The lowest BCUT2D eigenvalue weighted by atomic mass is 10.1. The Morgan fingerprint density at radius 2 is 2.10 bits per heavy atom. The predicted octanol–water partition coefficient (Wildman–Crippen LogP) is 3.26. The molecular weight excluding hydrogens is 407 g/mol. The zero-order valence-electron chi connectivity index (χ0n) is 14.9. The van der Waals surface area contributed by atoms with Gasteiger partial charge in [-0.05, 0) is 17.7 Å². The Bertz CT molecular complexity index is 994. The molecular formula is C18H16F3N5O2S. The fourth-order valence-corrected chi connectivity index (χ4v) is 3.57. The molecule has 1 atom stereocenters. The van der Waals surface area contributed by atoms with E-state index in [0.29, 0.717) is 12.3 Å². The van der Waals surface area contributed by atoms with Crippen LogP contribution in [0, 0.1) is 0 Å². The van der Waals surface area contributed by atoms with Crippen molar-refractivity contribution in [3.8, 4) is 5.13 Å². The monoisotopic (exact) mass is 423 g/mol. The molecule has 2 aromatic heterocycles. The lowest BCUT2D eigenvalue weighted by Crippen LogP contribution is -2.33. The first kappa shape index (κ1) is 19.6. The van der Waals surface area contributed by atoms with E-state index in [-0.39, 0.29) is 16.8 Å². The number of rotatable bonds is 4. The molecule has 7 nitrogen and oxygen atoms in total. The van der Waals surface area contributed by atoms with Gasteiger partial charge in [0.05, 0.1) is 24.5 Å². The lowest BCUT2D eigenvalue weighted by molar-refractivity contribution is -0.140. The van der Waals surface area contributed by atoms with Crippen molar-refractivity contribution in [3.05, 3.63) is 58.9 Å². The summed E-state index contributed by atoms with van der Waals surface area (Å²) in [5.74, 6) is -0.424. The Kier molecular flexibility index (Phi) is 5.35. The molecule has 1 aliphatic rings. The molecule has 1 unspecified atom stereocenters. The predicted molar refractivity (Wildman–Crippen MR) is 100 cm³/mol. The van der Waals surface area contributed by atoms with E-state index in [1.165, 1.54) is 12.4 Å². The average molecular weight is 423 g/mol. The molecule has 1 saturated heterocycles. The van der Waals surface area contributed by atoms with Gasteiger partial charge in [0.2, 0.25) is 5.13 Å². The van der Waals surface area contributed by atoms with E-state index in [1.807, 2.05) is 12.1 Å². The van der Waals surface area contributed by atoms with Gasteiger partial charge in [0.1, 0.15) is 0 Å². The van der Waals surface area contributed by atoms with Gasteiger partial charge in [-0.25, -0.2) is 9.67 Å². The zero-order valence-corrected chi connectivity index (χ0v) is 15.8. The number of benzene rings is 1. The van der Waals surface area contributed by atoms with Crippen molar-refractivity contribution in [2.75, 3.05) is 25.0 Å². The number of nitrogens with one attached hydrogen (secondary N) is 2. The molecule has 0 radical (unpaired) electrons. The summed E-state index contributed by atoms with van der Waals surface area (Å²) in [5.41, 5.74) is 0.810. The highest BCUT2D eigenvalue weighted by atomic mass is 32.1. The first-order valence-electron chi connectivity index (χ1n) is 8.71. The maximum absolute atomic E-state index is 12.7. The van der Waals surface area contributed by atoms with Crippen LogP contribution in [0.5, 0.6) is 0 Å². The summed E-state index contributed by atoms with van der Waals surface area (Å²) >= 11 is 0.794. The number of aromatic nitrogens is 3. The second-order valence-electron chi connectivity index (χ2n) is 6.33. The number of amides is 1. The van der Waals surface area contributed by atoms with Gasteiger partial charge in [-0.1, -0.05) is 12.1 Å². The third-order valence-corrected chi connectivity index (χ3v) is 5.12. The van der Waals surface area contributed by atoms with Crippen LogP contribution in [0.25, 0.3) is 5.13 Å². The average Bonchev–Trinajstić information content (AvgIpc) is 3.39. The lowest BCUT2D eigenvalue weighted by Gasteiger charge is -2.24. The highest BCUT2D eigenvalue weighted by Crippen LogP contribution is 2.31. The summed E-state index contributed by atoms with van der Waals surface area (Å²) in [4.78, 5) is 15.9. The molecule has 3 heterocycles. The van der Waals surface area contributed by atoms with Crippen molar-refractivity contribution in [2.45, 2.75) is 12.3 Å². The van der Waals surface area contributed by atoms with Gasteiger partial charge in [-0.3, -0.25) is 4.79 Å². The van der Waals surface area contributed by atoms with Gasteiger partial charge in [-0.15, -0.1) is 11.3 Å². The summed E-state index contributed by atoms with van der Waals surface area (Å²) in [5, 5.41) is 10.9. The Morgan fingerprint density at radius 1 is 1.31 bits per heavy atom. The molecule has 1 aliphatic heterocycles. The summed E-state index contributed by atoms with van der Waals surface area (Å²) in [7, 11) is 0. The van der Waals surface area contributed by atoms with Crippen LogP contribution in [0.3, 0.4) is 0 Å². The summed E-state index contributed by atoms with van der Waals surface area (Å²) < 4.78 is 44.9. The summed E-state index contributed by atoms with van der Waals surface area (Å²) in [6.45, 7) is 2.21. The number of alkyl halides is 3. The first-order chi connectivity index (χ1) is 13.9. The standard InChI is InChI=1S/C18H16F3N5O2S/c19-18(20,21)15-10-29-17(25-15)26-9-12(7-23-26)16(27)24-13-3-1-11(2-4-13)14-8-22-5-6-28-14/h1-4,7,9-10,14,22H,5-6,8H2,(H,24,27). The Morgan fingerprint density at radius 3 is 2.76 bits per heavy atom. The molecule has 3 aromatic rings. The Labute approximate surface area is 167 Å². The summed E-state index contributed by atoms with van der Waals surface area (Å²) in [6, 6.07) is 7.30. The highest BCUT2D eigenvalue weighted by molar-refractivity contribution is 7.12. The van der Waals surface area contributed by atoms with Crippen LogP contribution in [0.2, 0.25) is 0 Å². The Hall–Kier alpha value is -2.76. The van der Waals surface area contributed by atoms with Crippen LogP contribution >= 0.6 is 11.3 Å². The molecule has 152 valence electrons. The number of thiazole rings is 1. The van der Waals surface area contributed by atoms with Crippen LogP contribution in [0.1, 0.15) is 27.7 Å². The molecule has 0 saturated carbocycles. The van der Waals surface area contributed by atoms with E-state index >= 15 is 0 Å². The smallest absolute Gasteiger partial charge is 0.371 e. The fraction of sp³-hybridized carbons (Fsp3) is 0.278. The van der Waals surface area contributed by atoms with Gasteiger partial charge in [0.25, 0.3) is 5.91 Å². The number of carbonyl (C=O) groups is 1. The van der Waals surface area contributed by atoms with Crippen LogP contribution in [0.4, 0.5) is 18.9 Å². The molecule has 0 aliphatic carbocycles. The molecule has 29 heavy (non-hydrogen) atoms. The molecule has 2 N–H and O–H groups in total. The van der Waals surface area contributed by atoms with Gasteiger partial charge in [-0.2, -0.15) is 18.3 Å². The molecule has 4 rings (SSSR count). The number of hydrogen-bond donors (Lipinski definition) is 2. The number of carbonyl (C=O) groups excluding carboxylic acids is 1. The zero-order chi connectivity index (χ0) is 20.4. The van der Waals surface area contributed by atoms with Crippen LogP contribution in [-0.4, -0.2) is 40.4 Å². The molecule has 1 fully saturated rings. The van der Waals surface area contributed by atoms with E-state index in [2.05, 4.69) is 20.7 Å². The van der Waals surface area contributed by atoms with Crippen LogP contribution in [-0.2, 0) is 10.9 Å². The van der Waals surface area contributed by atoms with E-state index in [9.17, 15) is 18.0 Å². The fourth-order valence-electron chi connectivity index (χ4n) is 2.81.